The van der Waals surface area contributed by atoms with Gasteiger partial charge in [0.25, 0.3) is 5.91 Å². The maximum Gasteiger partial charge on any atom is 0.286 e. The van der Waals surface area contributed by atoms with E-state index in [2.05, 4.69) is 10.6 Å². The first-order chi connectivity index (χ1) is 9.16. The summed E-state index contributed by atoms with van der Waals surface area (Å²) < 4.78 is 4.94. The van der Waals surface area contributed by atoms with Gasteiger partial charge in [-0.3, -0.25) is 9.59 Å². The summed E-state index contributed by atoms with van der Waals surface area (Å²) in [6.07, 6.45) is 4.00. The second-order valence-corrected chi connectivity index (χ2v) is 4.79. The molecule has 104 valence electrons. The van der Waals surface area contributed by atoms with E-state index >= 15 is 0 Å². The standard InChI is InChI=1S/C13H19N3O3/c14-10(9-3-4-9)8-16-12(17)5-6-15-13(18)11-2-1-7-19-11/h1-2,7,9-10H,3-6,8,14H2,(H,15,18)(H,16,17). The number of nitrogens with one attached hydrogen (secondary N) is 2. The first kappa shape index (κ1) is 13.6. The molecule has 1 aromatic rings. The fourth-order valence-electron chi connectivity index (χ4n) is 1.80. The van der Waals surface area contributed by atoms with Crippen LogP contribution in [-0.2, 0) is 4.79 Å². The first-order valence-electron chi connectivity index (χ1n) is 6.51. The van der Waals surface area contributed by atoms with Crippen LogP contribution in [0.2, 0.25) is 0 Å². The molecule has 2 amide bonds. The Morgan fingerprint density at radius 3 is 2.84 bits per heavy atom. The van der Waals surface area contributed by atoms with Gasteiger partial charge in [-0.25, -0.2) is 0 Å². The summed E-state index contributed by atoms with van der Waals surface area (Å²) >= 11 is 0. The molecule has 1 saturated carbocycles. The fraction of sp³-hybridized carbons (Fsp3) is 0.538. The first-order valence-corrected chi connectivity index (χ1v) is 6.51. The minimum absolute atomic E-state index is 0.0571. The molecule has 0 aromatic carbocycles. The van der Waals surface area contributed by atoms with Gasteiger partial charge >= 0.3 is 0 Å². The van der Waals surface area contributed by atoms with E-state index in [4.69, 9.17) is 10.2 Å². The molecule has 1 unspecified atom stereocenters. The zero-order valence-corrected chi connectivity index (χ0v) is 10.7. The maximum atomic E-state index is 11.5. The van der Waals surface area contributed by atoms with Crippen LogP contribution in [0.25, 0.3) is 0 Å². The number of carbonyl (C=O) groups is 2. The van der Waals surface area contributed by atoms with Crippen molar-refractivity contribution >= 4 is 11.8 Å². The Balaban J connectivity index is 1.57. The van der Waals surface area contributed by atoms with Crippen molar-refractivity contribution in [1.82, 2.24) is 10.6 Å². The number of carbonyl (C=O) groups excluding carboxylic acids is 2. The Kier molecular flexibility index (Phi) is 4.57. The van der Waals surface area contributed by atoms with Crippen LogP contribution in [0.15, 0.2) is 22.8 Å². The molecular formula is C13H19N3O3. The third kappa shape index (κ3) is 4.40. The predicted molar refractivity (Wildman–Crippen MR) is 69.4 cm³/mol. The summed E-state index contributed by atoms with van der Waals surface area (Å²) in [6.45, 7) is 0.791. The Morgan fingerprint density at radius 2 is 2.21 bits per heavy atom. The highest BCUT2D eigenvalue weighted by Gasteiger charge is 2.28. The highest BCUT2D eigenvalue weighted by Crippen LogP contribution is 2.31. The van der Waals surface area contributed by atoms with Crippen LogP contribution < -0.4 is 16.4 Å². The largest absolute Gasteiger partial charge is 0.459 e. The minimum atomic E-state index is -0.313. The van der Waals surface area contributed by atoms with Crippen molar-refractivity contribution in [3.05, 3.63) is 24.2 Å². The molecule has 1 aliphatic carbocycles. The van der Waals surface area contributed by atoms with Crippen molar-refractivity contribution in [2.75, 3.05) is 13.1 Å². The van der Waals surface area contributed by atoms with E-state index in [-0.39, 0.29) is 36.6 Å². The Hall–Kier alpha value is -1.82. The highest BCUT2D eigenvalue weighted by atomic mass is 16.3. The molecule has 19 heavy (non-hydrogen) atoms. The van der Waals surface area contributed by atoms with Crippen LogP contribution in [-0.4, -0.2) is 30.9 Å². The molecule has 1 heterocycles. The number of amides is 2. The molecule has 0 aliphatic heterocycles. The van der Waals surface area contributed by atoms with E-state index < -0.39 is 0 Å². The van der Waals surface area contributed by atoms with Gasteiger partial charge in [-0.1, -0.05) is 0 Å². The Labute approximate surface area is 111 Å². The lowest BCUT2D eigenvalue weighted by atomic mass is 10.2. The van der Waals surface area contributed by atoms with Gasteiger partial charge in [-0.05, 0) is 30.9 Å². The zero-order valence-electron chi connectivity index (χ0n) is 10.7. The van der Waals surface area contributed by atoms with Crippen molar-refractivity contribution in [2.24, 2.45) is 11.7 Å². The lowest BCUT2D eigenvalue weighted by molar-refractivity contribution is -0.121. The molecule has 1 aromatic heterocycles. The van der Waals surface area contributed by atoms with E-state index in [1.807, 2.05) is 0 Å². The third-order valence-corrected chi connectivity index (χ3v) is 3.15. The summed E-state index contributed by atoms with van der Waals surface area (Å²) in [6, 6.07) is 3.27. The molecule has 1 aliphatic rings. The highest BCUT2D eigenvalue weighted by molar-refractivity contribution is 5.91. The summed E-state index contributed by atoms with van der Waals surface area (Å²) in [5, 5.41) is 5.39. The summed E-state index contributed by atoms with van der Waals surface area (Å²) in [7, 11) is 0. The topological polar surface area (TPSA) is 97.4 Å². The van der Waals surface area contributed by atoms with Gasteiger partial charge in [-0.2, -0.15) is 0 Å². The number of hydrogen-bond donors (Lipinski definition) is 3. The van der Waals surface area contributed by atoms with E-state index in [0.29, 0.717) is 12.5 Å². The van der Waals surface area contributed by atoms with Crippen LogP contribution in [0.4, 0.5) is 0 Å². The zero-order chi connectivity index (χ0) is 13.7. The second kappa shape index (κ2) is 6.38. The number of nitrogens with two attached hydrogens (primary N) is 1. The van der Waals surface area contributed by atoms with Crippen molar-refractivity contribution in [3.8, 4) is 0 Å². The summed E-state index contributed by atoms with van der Waals surface area (Å²) in [5.74, 6) is 0.401. The minimum Gasteiger partial charge on any atom is -0.459 e. The molecule has 4 N–H and O–H groups in total. The molecule has 0 saturated heterocycles. The smallest absolute Gasteiger partial charge is 0.286 e. The molecule has 6 heteroatoms. The summed E-state index contributed by atoms with van der Waals surface area (Å²) in [5.41, 5.74) is 5.87. The van der Waals surface area contributed by atoms with Crippen LogP contribution in [0.3, 0.4) is 0 Å². The molecule has 0 spiro atoms. The monoisotopic (exact) mass is 265 g/mol. The van der Waals surface area contributed by atoms with Crippen LogP contribution in [0, 0.1) is 5.92 Å². The van der Waals surface area contributed by atoms with Gasteiger partial charge in [-0.15, -0.1) is 0 Å². The van der Waals surface area contributed by atoms with Crippen molar-refractivity contribution in [1.29, 1.82) is 0 Å². The SMILES string of the molecule is NC(CNC(=O)CCNC(=O)c1ccco1)C1CC1. The number of hydrogen-bond acceptors (Lipinski definition) is 4. The molecule has 0 bridgehead atoms. The maximum absolute atomic E-state index is 11.5. The van der Waals surface area contributed by atoms with E-state index in [0.717, 1.165) is 12.8 Å². The number of furan rings is 1. The number of rotatable bonds is 7. The lowest BCUT2D eigenvalue weighted by Crippen LogP contribution is -2.39. The van der Waals surface area contributed by atoms with Gasteiger partial charge in [0, 0.05) is 25.6 Å². The van der Waals surface area contributed by atoms with Crippen molar-refractivity contribution in [3.63, 3.8) is 0 Å². The molecule has 1 fully saturated rings. The average Bonchev–Trinajstić information content (AvgIpc) is 3.10. The Bertz CT molecular complexity index is 426. The van der Waals surface area contributed by atoms with Crippen LogP contribution >= 0.6 is 0 Å². The molecule has 6 nitrogen and oxygen atoms in total. The average molecular weight is 265 g/mol. The Morgan fingerprint density at radius 1 is 1.42 bits per heavy atom. The van der Waals surface area contributed by atoms with Crippen LogP contribution in [0.5, 0.6) is 0 Å². The third-order valence-electron chi connectivity index (χ3n) is 3.15. The molecule has 2 rings (SSSR count). The van der Waals surface area contributed by atoms with E-state index in [1.54, 1.807) is 12.1 Å². The quantitative estimate of drug-likeness (QED) is 0.658. The predicted octanol–water partition coefficient (Wildman–Crippen LogP) is 0.253. The lowest BCUT2D eigenvalue weighted by Gasteiger charge is -2.11. The molecular weight excluding hydrogens is 246 g/mol. The van der Waals surface area contributed by atoms with Gasteiger partial charge in [0.1, 0.15) is 0 Å². The second-order valence-electron chi connectivity index (χ2n) is 4.79. The van der Waals surface area contributed by atoms with Gasteiger partial charge in [0.05, 0.1) is 6.26 Å². The van der Waals surface area contributed by atoms with Crippen LogP contribution in [0.1, 0.15) is 29.8 Å². The van der Waals surface area contributed by atoms with Gasteiger partial charge in [0.15, 0.2) is 5.76 Å². The molecule has 1 atom stereocenters. The van der Waals surface area contributed by atoms with E-state index in [9.17, 15) is 9.59 Å². The normalized spacial score (nSPS) is 15.8. The summed E-state index contributed by atoms with van der Waals surface area (Å²) in [4.78, 5) is 23.0. The van der Waals surface area contributed by atoms with Crippen molar-refractivity contribution < 1.29 is 14.0 Å². The van der Waals surface area contributed by atoms with Gasteiger partial charge in [0.2, 0.25) is 5.91 Å². The fourth-order valence-corrected chi connectivity index (χ4v) is 1.80. The van der Waals surface area contributed by atoms with E-state index in [1.165, 1.54) is 6.26 Å². The molecule has 0 radical (unpaired) electrons. The van der Waals surface area contributed by atoms with Gasteiger partial charge < -0.3 is 20.8 Å². The van der Waals surface area contributed by atoms with Crippen molar-refractivity contribution in [2.45, 2.75) is 25.3 Å².